The van der Waals surface area contributed by atoms with Crippen molar-refractivity contribution in [3.05, 3.63) is 65.2 Å². The Morgan fingerprint density at radius 3 is 2.52 bits per heavy atom. The van der Waals surface area contributed by atoms with Crippen LogP contribution in [0.5, 0.6) is 0 Å². The lowest BCUT2D eigenvalue weighted by atomic mass is 9.86. The summed E-state index contributed by atoms with van der Waals surface area (Å²) >= 11 is 0. The van der Waals surface area contributed by atoms with Crippen molar-refractivity contribution in [1.29, 1.82) is 0 Å². The van der Waals surface area contributed by atoms with E-state index in [9.17, 15) is 9.59 Å². The summed E-state index contributed by atoms with van der Waals surface area (Å²) in [6.07, 6.45) is 5.26. The predicted octanol–water partition coefficient (Wildman–Crippen LogP) is 4.45. The van der Waals surface area contributed by atoms with Gasteiger partial charge in [0.1, 0.15) is 6.54 Å². The van der Waals surface area contributed by atoms with Crippen LogP contribution in [0, 0.1) is 12.8 Å². The number of carbonyl (C=O) groups is 2. The molecular formula is C23H26N2O2. The number of rotatable bonds is 2. The number of nitrogens with one attached hydrogen (secondary N) is 1. The summed E-state index contributed by atoms with van der Waals surface area (Å²) < 4.78 is 0. The van der Waals surface area contributed by atoms with Crippen LogP contribution in [0.4, 0.5) is 5.69 Å². The van der Waals surface area contributed by atoms with E-state index in [1.807, 2.05) is 54.3 Å². The SMILES string of the molecule is Cc1ccc2c(c1)[C@H](c1ccccc1)N(C(=O)C1CCCCC1)CC(=O)N2. The molecule has 1 heterocycles. The molecule has 0 aromatic heterocycles. The van der Waals surface area contributed by atoms with Crippen molar-refractivity contribution in [3.8, 4) is 0 Å². The van der Waals surface area contributed by atoms with Gasteiger partial charge in [-0.3, -0.25) is 9.59 Å². The van der Waals surface area contributed by atoms with E-state index < -0.39 is 0 Å². The molecule has 2 aromatic rings. The van der Waals surface area contributed by atoms with Gasteiger partial charge in [0.2, 0.25) is 11.8 Å². The Kier molecular flexibility index (Phi) is 4.97. The molecule has 2 aromatic carbocycles. The molecule has 1 aliphatic heterocycles. The number of hydrogen-bond acceptors (Lipinski definition) is 2. The van der Waals surface area contributed by atoms with E-state index in [1.54, 1.807) is 0 Å². The van der Waals surface area contributed by atoms with Crippen LogP contribution in [0.25, 0.3) is 0 Å². The van der Waals surface area contributed by atoms with Gasteiger partial charge in [-0.05, 0) is 31.4 Å². The van der Waals surface area contributed by atoms with Crippen LogP contribution in [0.1, 0.15) is 54.8 Å². The molecule has 4 heteroatoms. The smallest absolute Gasteiger partial charge is 0.244 e. The molecule has 27 heavy (non-hydrogen) atoms. The van der Waals surface area contributed by atoms with Crippen LogP contribution < -0.4 is 5.32 Å². The maximum Gasteiger partial charge on any atom is 0.244 e. The van der Waals surface area contributed by atoms with Gasteiger partial charge in [0, 0.05) is 17.2 Å². The van der Waals surface area contributed by atoms with Gasteiger partial charge in [-0.1, -0.05) is 67.3 Å². The number of amides is 2. The first kappa shape index (κ1) is 17.8. The molecule has 0 bridgehead atoms. The van der Waals surface area contributed by atoms with Gasteiger partial charge in [-0.25, -0.2) is 0 Å². The molecular weight excluding hydrogens is 336 g/mol. The third-order valence-corrected chi connectivity index (χ3v) is 5.75. The van der Waals surface area contributed by atoms with Crippen LogP contribution in [0.15, 0.2) is 48.5 Å². The van der Waals surface area contributed by atoms with E-state index >= 15 is 0 Å². The zero-order valence-electron chi connectivity index (χ0n) is 15.8. The lowest BCUT2D eigenvalue weighted by molar-refractivity contribution is -0.140. The van der Waals surface area contributed by atoms with Gasteiger partial charge in [0.15, 0.2) is 0 Å². The highest BCUT2D eigenvalue weighted by Crippen LogP contribution is 2.38. The first-order valence-electron chi connectivity index (χ1n) is 9.89. The zero-order valence-corrected chi connectivity index (χ0v) is 15.8. The monoisotopic (exact) mass is 362 g/mol. The van der Waals surface area contributed by atoms with Crippen molar-refractivity contribution in [2.45, 2.75) is 45.1 Å². The van der Waals surface area contributed by atoms with Crippen molar-refractivity contribution in [1.82, 2.24) is 4.90 Å². The topological polar surface area (TPSA) is 49.4 Å². The first-order chi connectivity index (χ1) is 13.1. The molecule has 2 aliphatic rings. The van der Waals surface area contributed by atoms with Gasteiger partial charge < -0.3 is 10.2 Å². The predicted molar refractivity (Wildman–Crippen MR) is 106 cm³/mol. The molecule has 1 atom stereocenters. The highest BCUT2D eigenvalue weighted by atomic mass is 16.2. The van der Waals surface area contributed by atoms with Gasteiger partial charge in [-0.15, -0.1) is 0 Å². The third kappa shape index (κ3) is 3.61. The average Bonchev–Trinajstić information content (AvgIpc) is 2.84. The minimum atomic E-state index is -0.241. The van der Waals surface area contributed by atoms with Crippen molar-refractivity contribution in [2.75, 3.05) is 11.9 Å². The highest BCUT2D eigenvalue weighted by molar-refractivity contribution is 5.97. The van der Waals surface area contributed by atoms with E-state index in [0.29, 0.717) is 0 Å². The fourth-order valence-corrected chi connectivity index (χ4v) is 4.41. The van der Waals surface area contributed by atoms with E-state index in [0.717, 1.165) is 48.1 Å². The quantitative estimate of drug-likeness (QED) is 0.858. The van der Waals surface area contributed by atoms with Crippen molar-refractivity contribution in [3.63, 3.8) is 0 Å². The second-order valence-electron chi connectivity index (χ2n) is 7.75. The summed E-state index contributed by atoms with van der Waals surface area (Å²) in [6, 6.07) is 15.9. The summed E-state index contributed by atoms with van der Waals surface area (Å²) in [7, 11) is 0. The van der Waals surface area contributed by atoms with E-state index in [4.69, 9.17) is 0 Å². The molecule has 140 valence electrons. The fourth-order valence-electron chi connectivity index (χ4n) is 4.41. The highest BCUT2D eigenvalue weighted by Gasteiger charge is 2.36. The standard InChI is InChI=1S/C23H26N2O2/c1-16-12-13-20-19(14-16)22(17-8-4-2-5-9-17)25(15-21(26)24-20)23(27)18-10-6-3-7-11-18/h2,4-5,8-9,12-14,18,22H,3,6-7,10-11,15H2,1H3,(H,24,26)/t22-/m0/s1. The first-order valence-corrected chi connectivity index (χ1v) is 9.89. The van der Waals surface area contributed by atoms with E-state index in [-0.39, 0.29) is 30.3 Å². The molecule has 1 fully saturated rings. The van der Waals surface area contributed by atoms with Crippen LogP contribution >= 0.6 is 0 Å². The molecule has 0 unspecified atom stereocenters. The normalized spacial score (nSPS) is 20.6. The van der Waals surface area contributed by atoms with E-state index in [1.165, 1.54) is 6.42 Å². The molecule has 4 rings (SSSR count). The van der Waals surface area contributed by atoms with Gasteiger partial charge in [0.05, 0.1) is 6.04 Å². The van der Waals surface area contributed by atoms with Crippen molar-refractivity contribution in [2.24, 2.45) is 5.92 Å². The molecule has 0 radical (unpaired) electrons. The Labute approximate surface area is 160 Å². The van der Waals surface area contributed by atoms with Crippen molar-refractivity contribution >= 4 is 17.5 Å². The lowest BCUT2D eigenvalue weighted by Gasteiger charge is -2.34. The number of carbonyl (C=O) groups excluding carboxylic acids is 2. The fraction of sp³-hybridized carbons (Fsp3) is 0.391. The average molecular weight is 362 g/mol. The van der Waals surface area contributed by atoms with E-state index in [2.05, 4.69) is 11.4 Å². The number of fused-ring (bicyclic) bond motifs is 1. The number of aryl methyl sites for hydroxylation is 1. The molecule has 1 saturated carbocycles. The number of hydrogen-bond donors (Lipinski definition) is 1. The summed E-state index contributed by atoms with van der Waals surface area (Å²) in [5.41, 5.74) is 3.97. The number of benzene rings is 2. The summed E-state index contributed by atoms with van der Waals surface area (Å²) in [4.78, 5) is 27.9. The molecule has 1 aliphatic carbocycles. The van der Waals surface area contributed by atoms with Gasteiger partial charge >= 0.3 is 0 Å². The Balaban J connectivity index is 1.81. The Hall–Kier alpha value is -2.62. The van der Waals surface area contributed by atoms with Crippen LogP contribution in [-0.4, -0.2) is 23.3 Å². The van der Waals surface area contributed by atoms with Gasteiger partial charge in [0.25, 0.3) is 0 Å². The lowest BCUT2D eigenvalue weighted by Crippen LogP contribution is -2.42. The zero-order chi connectivity index (χ0) is 18.8. The Bertz CT molecular complexity index is 841. The third-order valence-electron chi connectivity index (χ3n) is 5.75. The summed E-state index contributed by atoms with van der Waals surface area (Å²) in [5.74, 6) is 0.0277. The molecule has 1 N–H and O–H groups in total. The maximum atomic E-state index is 13.5. The second kappa shape index (κ2) is 7.55. The Morgan fingerprint density at radius 2 is 1.78 bits per heavy atom. The van der Waals surface area contributed by atoms with Crippen molar-refractivity contribution < 1.29 is 9.59 Å². The van der Waals surface area contributed by atoms with Crippen LogP contribution in [0.3, 0.4) is 0 Å². The van der Waals surface area contributed by atoms with Gasteiger partial charge in [-0.2, -0.15) is 0 Å². The number of nitrogens with zero attached hydrogens (tertiary/aromatic N) is 1. The second-order valence-corrected chi connectivity index (χ2v) is 7.75. The maximum absolute atomic E-state index is 13.5. The largest absolute Gasteiger partial charge is 0.324 e. The minimum absolute atomic E-state index is 0.0316. The molecule has 4 nitrogen and oxygen atoms in total. The molecule has 0 spiro atoms. The summed E-state index contributed by atoms with van der Waals surface area (Å²) in [6.45, 7) is 2.14. The minimum Gasteiger partial charge on any atom is -0.324 e. The van der Waals surface area contributed by atoms with Crippen LogP contribution in [0.2, 0.25) is 0 Å². The molecule has 2 amide bonds. The van der Waals surface area contributed by atoms with Crippen LogP contribution in [-0.2, 0) is 9.59 Å². The Morgan fingerprint density at radius 1 is 1.04 bits per heavy atom. The summed E-state index contributed by atoms with van der Waals surface area (Å²) in [5, 5.41) is 3.00. The molecule has 0 saturated heterocycles. The number of anilines is 1.